The van der Waals surface area contributed by atoms with Gasteiger partial charge in [-0.25, -0.2) is 8.42 Å². The van der Waals surface area contributed by atoms with Gasteiger partial charge in [-0.05, 0) is 24.6 Å². The number of ether oxygens (including phenoxy) is 1. The van der Waals surface area contributed by atoms with Crippen LogP contribution in [0.3, 0.4) is 0 Å². The lowest BCUT2D eigenvalue weighted by molar-refractivity contribution is -0.0178. The van der Waals surface area contributed by atoms with Crippen LogP contribution in [0.1, 0.15) is 35.9 Å². The minimum atomic E-state index is -3.75. The largest absolute Gasteiger partial charge is 0.422 e. The quantitative estimate of drug-likeness (QED) is 0.812. The van der Waals surface area contributed by atoms with Gasteiger partial charge < -0.3 is 9.15 Å². The zero-order valence-electron chi connectivity index (χ0n) is 14.0. The van der Waals surface area contributed by atoms with Crippen molar-refractivity contribution in [3.8, 4) is 6.07 Å². The van der Waals surface area contributed by atoms with Crippen molar-refractivity contribution in [2.24, 2.45) is 0 Å². The van der Waals surface area contributed by atoms with Gasteiger partial charge in [0.25, 0.3) is 0 Å². The van der Waals surface area contributed by atoms with Crippen LogP contribution in [0.5, 0.6) is 0 Å². The van der Waals surface area contributed by atoms with Crippen molar-refractivity contribution in [3.63, 3.8) is 0 Å². The Morgan fingerprint density at radius 1 is 1.40 bits per heavy atom. The lowest BCUT2D eigenvalue weighted by Gasteiger charge is -2.30. The van der Waals surface area contributed by atoms with E-state index < -0.39 is 16.1 Å². The third-order valence-corrected chi connectivity index (χ3v) is 6.03. The number of nitriles is 1. The maximum atomic E-state index is 13.0. The number of morpholine rings is 1. The molecule has 0 saturated carbocycles. The van der Waals surface area contributed by atoms with Crippen molar-refractivity contribution in [2.75, 3.05) is 19.7 Å². The summed E-state index contributed by atoms with van der Waals surface area (Å²) in [7, 11) is -3.75. The van der Waals surface area contributed by atoms with Gasteiger partial charge in [0.05, 0.1) is 23.1 Å². The minimum absolute atomic E-state index is 0.0872. The van der Waals surface area contributed by atoms with E-state index in [-0.39, 0.29) is 30.5 Å². The molecular weight excluding hydrogens is 344 g/mol. The van der Waals surface area contributed by atoms with Crippen LogP contribution in [0, 0.1) is 18.3 Å². The average Bonchev–Trinajstić information content (AvgIpc) is 3.11. The third-order valence-electron chi connectivity index (χ3n) is 4.02. The van der Waals surface area contributed by atoms with E-state index in [4.69, 9.17) is 14.4 Å². The van der Waals surface area contributed by atoms with Crippen molar-refractivity contribution < 1.29 is 17.6 Å². The van der Waals surface area contributed by atoms with Crippen LogP contribution in [-0.4, -0.2) is 42.6 Å². The molecule has 25 heavy (non-hydrogen) atoms. The number of sulfonamides is 1. The van der Waals surface area contributed by atoms with E-state index in [1.807, 2.05) is 13.0 Å². The first-order valence-electron chi connectivity index (χ1n) is 7.90. The molecule has 3 rings (SSSR count). The van der Waals surface area contributed by atoms with Crippen molar-refractivity contribution in [1.29, 1.82) is 5.26 Å². The highest BCUT2D eigenvalue weighted by atomic mass is 32.2. The molecule has 9 heteroatoms. The van der Waals surface area contributed by atoms with Crippen molar-refractivity contribution >= 4 is 10.0 Å². The summed E-state index contributed by atoms with van der Waals surface area (Å²) in [6, 6.07) is 6.60. The van der Waals surface area contributed by atoms with Crippen LogP contribution in [-0.2, 0) is 21.2 Å². The molecule has 0 bridgehead atoms. The summed E-state index contributed by atoms with van der Waals surface area (Å²) in [5.41, 5.74) is 0.895. The molecular formula is C16H18N4O4S. The van der Waals surface area contributed by atoms with E-state index in [1.54, 1.807) is 19.1 Å². The van der Waals surface area contributed by atoms with Crippen LogP contribution in [0.2, 0.25) is 0 Å². The SMILES string of the molecule is CCc1nnc([C@H]2CN(S(=O)(=O)c3cc(C#N)ccc3C)CCO2)o1. The van der Waals surface area contributed by atoms with E-state index in [9.17, 15) is 8.42 Å². The summed E-state index contributed by atoms with van der Waals surface area (Å²) in [6.45, 7) is 4.14. The summed E-state index contributed by atoms with van der Waals surface area (Å²) >= 11 is 0. The molecule has 2 heterocycles. The zero-order valence-corrected chi connectivity index (χ0v) is 14.8. The Labute approximate surface area is 146 Å². The highest BCUT2D eigenvalue weighted by Gasteiger charge is 2.34. The first-order chi connectivity index (χ1) is 12.0. The van der Waals surface area contributed by atoms with E-state index in [2.05, 4.69) is 10.2 Å². The van der Waals surface area contributed by atoms with Crippen LogP contribution >= 0.6 is 0 Å². The van der Waals surface area contributed by atoms with E-state index in [0.717, 1.165) is 0 Å². The van der Waals surface area contributed by atoms with Crippen LogP contribution in [0.25, 0.3) is 0 Å². The third kappa shape index (κ3) is 3.42. The summed E-state index contributed by atoms with van der Waals surface area (Å²) in [5.74, 6) is 0.760. The second-order valence-electron chi connectivity index (χ2n) is 5.70. The number of hydrogen-bond donors (Lipinski definition) is 0. The van der Waals surface area contributed by atoms with Crippen LogP contribution < -0.4 is 0 Å². The van der Waals surface area contributed by atoms with Gasteiger partial charge in [-0.1, -0.05) is 13.0 Å². The molecule has 2 aromatic rings. The van der Waals surface area contributed by atoms with Crippen molar-refractivity contribution in [2.45, 2.75) is 31.3 Å². The lowest BCUT2D eigenvalue weighted by Crippen LogP contribution is -2.42. The van der Waals surface area contributed by atoms with Gasteiger partial charge in [-0.15, -0.1) is 10.2 Å². The molecule has 0 unspecified atom stereocenters. The highest BCUT2D eigenvalue weighted by molar-refractivity contribution is 7.89. The molecule has 1 aromatic heterocycles. The fourth-order valence-electron chi connectivity index (χ4n) is 2.62. The normalized spacial score (nSPS) is 18.8. The summed E-state index contributed by atoms with van der Waals surface area (Å²) < 4.78 is 38.4. The van der Waals surface area contributed by atoms with Gasteiger partial charge in [0.1, 0.15) is 6.10 Å². The molecule has 8 nitrogen and oxygen atoms in total. The molecule has 0 spiro atoms. The number of hydrogen-bond acceptors (Lipinski definition) is 7. The average molecular weight is 362 g/mol. The molecule has 0 aliphatic carbocycles. The van der Waals surface area contributed by atoms with E-state index in [0.29, 0.717) is 23.4 Å². The standard InChI is InChI=1S/C16H18N4O4S/c1-3-15-18-19-16(24-15)13-10-20(6-7-23-13)25(21,22)14-8-12(9-17)5-4-11(14)2/h4-5,8,13H,3,6-7,10H2,1-2H3/t13-/m1/s1. The predicted octanol–water partition coefficient (Wildman–Crippen LogP) is 1.57. The molecule has 132 valence electrons. The van der Waals surface area contributed by atoms with Gasteiger partial charge in [-0.3, -0.25) is 0 Å². The van der Waals surface area contributed by atoms with Gasteiger partial charge in [0.2, 0.25) is 21.8 Å². The van der Waals surface area contributed by atoms with Crippen LogP contribution in [0.15, 0.2) is 27.5 Å². The first kappa shape index (κ1) is 17.5. The minimum Gasteiger partial charge on any atom is -0.422 e. The fraction of sp³-hybridized carbons (Fsp3) is 0.438. The predicted molar refractivity (Wildman–Crippen MR) is 87.0 cm³/mol. The second-order valence-corrected chi connectivity index (χ2v) is 7.61. The molecule has 1 aliphatic heterocycles. The smallest absolute Gasteiger partial charge is 0.246 e. The van der Waals surface area contributed by atoms with Crippen molar-refractivity contribution in [1.82, 2.24) is 14.5 Å². The number of aryl methyl sites for hydroxylation is 2. The Hall–Kier alpha value is -2.28. The lowest BCUT2D eigenvalue weighted by atomic mass is 10.2. The van der Waals surface area contributed by atoms with Crippen LogP contribution in [0.4, 0.5) is 0 Å². The van der Waals surface area contributed by atoms with Gasteiger partial charge in [0, 0.05) is 19.5 Å². The number of aromatic nitrogens is 2. The van der Waals surface area contributed by atoms with Gasteiger partial charge in [-0.2, -0.15) is 9.57 Å². The molecule has 1 aromatic carbocycles. The summed E-state index contributed by atoms with van der Waals surface area (Å²) in [4.78, 5) is 0.131. The second kappa shape index (κ2) is 6.92. The topological polar surface area (TPSA) is 109 Å². The zero-order chi connectivity index (χ0) is 18.0. The molecule has 1 aliphatic rings. The molecule has 1 atom stereocenters. The Morgan fingerprint density at radius 3 is 2.88 bits per heavy atom. The summed E-state index contributed by atoms with van der Waals surface area (Å²) in [5, 5.41) is 16.9. The monoisotopic (exact) mass is 362 g/mol. The maximum absolute atomic E-state index is 13.0. The van der Waals surface area contributed by atoms with Crippen molar-refractivity contribution in [3.05, 3.63) is 41.1 Å². The molecule has 1 fully saturated rings. The Morgan fingerprint density at radius 2 is 2.20 bits per heavy atom. The highest BCUT2D eigenvalue weighted by Crippen LogP contribution is 2.27. The molecule has 1 saturated heterocycles. The number of rotatable bonds is 4. The number of nitrogens with zero attached hydrogens (tertiary/aromatic N) is 4. The number of benzene rings is 1. The summed E-state index contributed by atoms with van der Waals surface area (Å²) in [6.07, 6.45) is -0.00204. The Kier molecular flexibility index (Phi) is 4.85. The molecule has 0 N–H and O–H groups in total. The molecule has 0 amide bonds. The van der Waals surface area contributed by atoms with Gasteiger partial charge in [0.15, 0.2) is 0 Å². The Balaban J connectivity index is 1.88. The fourth-order valence-corrected chi connectivity index (χ4v) is 4.30. The van der Waals surface area contributed by atoms with E-state index >= 15 is 0 Å². The molecule has 0 radical (unpaired) electrons. The Bertz CT molecular complexity index is 916. The maximum Gasteiger partial charge on any atom is 0.246 e. The van der Waals surface area contributed by atoms with Gasteiger partial charge >= 0.3 is 0 Å². The first-order valence-corrected chi connectivity index (χ1v) is 9.34. The van der Waals surface area contributed by atoms with E-state index in [1.165, 1.54) is 10.4 Å².